The van der Waals surface area contributed by atoms with Crippen molar-refractivity contribution in [2.24, 2.45) is 17.3 Å². The average Bonchev–Trinajstić information content (AvgIpc) is 3.50. The maximum absolute atomic E-state index is 14.7. The molecule has 0 aromatic carbocycles. The number of unbranched alkanes of at least 4 members (excludes halogenated alkanes) is 4. The number of rotatable bonds is 16. The van der Waals surface area contributed by atoms with Gasteiger partial charge < -0.3 is 19.6 Å². The normalized spacial score (nSPS) is 27.6. The van der Waals surface area contributed by atoms with E-state index in [0.29, 0.717) is 32.5 Å². The van der Waals surface area contributed by atoms with Gasteiger partial charge in [-0.3, -0.25) is 14.4 Å². The molecule has 7 nitrogen and oxygen atoms in total. The number of aliphatic hydroxyl groups excluding tert-OH is 1. The fourth-order valence-electron chi connectivity index (χ4n) is 7.48. The van der Waals surface area contributed by atoms with Crippen molar-refractivity contribution in [2.75, 3.05) is 26.3 Å². The van der Waals surface area contributed by atoms with E-state index in [2.05, 4.69) is 47.8 Å². The van der Waals surface area contributed by atoms with Gasteiger partial charge in [0, 0.05) is 30.5 Å². The van der Waals surface area contributed by atoms with Crippen LogP contribution in [0.2, 0.25) is 0 Å². The molecule has 1 N–H and O–H groups in total. The van der Waals surface area contributed by atoms with E-state index in [9.17, 15) is 19.5 Å². The predicted molar refractivity (Wildman–Crippen MR) is 162 cm³/mol. The van der Waals surface area contributed by atoms with Gasteiger partial charge in [0.1, 0.15) is 6.04 Å². The smallest absolute Gasteiger partial charge is 0.310 e. The lowest BCUT2D eigenvalue weighted by Gasteiger charge is -2.46. The quantitative estimate of drug-likeness (QED) is 0.151. The molecular formula is C32H52N2O5S. The Morgan fingerprint density at radius 2 is 1.85 bits per heavy atom. The first kappa shape index (κ1) is 32.7. The van der Waals surface area contributed by atoms with Gasteiger partial charge in [0.25, 0.3) is 0 Å². The van der Waals surface area contributed by atoms with E-state index in [1.807, 2.05) is 11.0 Å². The largest absolute Gasteiger partial charge is 0.465 e. The number of allylic oxidation sites excluding steroid dienone is 1. The lowest BCUT2D eigenvalue weighted by Crippen LogP contribution is -2.60. The molecule has 0 radical (unpaired) electrons. The van der Waals surface area contributed by atoms with Crippen LogP contribution in [0.4, 0.5) is 0 Å². The van der Waals surface area contributed by atoms with Gasteiger partial charge >= 0.3 is 5.97 Å². The zero-order chi connectivity index (χ0) is 29.7. The Bertz CT molecular complexity index is 944. The van der Waals surface area contributed by atoms with Gasteiger partial charge in [0.05, 0.1) is 23.2 Å². The number of nitrogens with zero attached hydrogens (tertiary/aromatic N) is 2. The summed E-state index contributed by atoms with van der Waals surface area (Å²) in [6, 6.07) is -0.626. The lowest BCUT2D eigenvalue weighted by atomic mass is 9.71. The molecule has 1 spiro atoms. The van der Waals surface area contributed by atoms with Crippen LogP contribution in [-0.4, -0.2) is 80.6 Å². The molecule has 2 unspecified atom stereocenters. The molecule has 40 heavy (non-hydrogen) atoms. The summed E-state index contributed by atoms with van der Waals surface area (Å²) in [5, 5.41) is 9.28. The maximum atomic E-state index is 14.7. The van der Waals surface area contributed by atoms with Crippen LogP contribution in [0.15, 0.2) is 25.3 Å². The van der Waals surface area contributed by atoms with Crippen LogP contribution < -0.4 is 0 Å². The minimum Gasteiger partial charge on any atom is -0.465 e. The van der Waals surface area contributed by atoms with E-state index >= 15 is 0 Å². The van der Waals surface area contributed by atoms with Crippen molar-refractivity contribution in [3.8, 4) is 0 Å². The molecule has 3 saturated heterocycles. The van der Waals surface area contributed by atoms with E-state index in [0.717, 1.165) is 44.9 Å². The highest BCUT2D eigenvalue weighted by molar-refractivity contribution is 8.02. The van der Waals surface area contributed by atoms with Gasteiger partial charge in [-0.25, -0.2) is 0 Å². The van der Waals surface area contributed by atoms with Crippen LogP contribution in [0.25, 0.3) is 0 Å². The molecule has 2 bridgehead atoms. The Balaban J connectivity index is 1.94. The molecule has 0 aliphatic carbocycles. The number of thioether (sulfide) groups is 1. The van der Waals surface area contributed by atoms with Crippen molar-refractivity contribution in [2.45, 2.75) is 114 Å². The lowest BCUT2D eigenvalue weighted by molar-refractivity contribution is -0.154. The van der Waals surface area contributed by atoms with Crippen molar-refractivity contribution < 1.29 is 24.2 Å². The predicted octanol–water partition coefficient (Wildman–Crippen LogP) is 5.37. The van der Waals surface area contributed by atoms with Gasteiger partial charge in [-0.1, -0.05) is 32.9 Å². The number of esters is 1. The molecule has 0 aromatic heterocycles. The molecule has 3 heterocycles. The molecule has 2 amide bonds. The zero-order valence-electron chi connectivity index (χ0n) is 25.5. The number of carbonyl (C=O) groups is 3. The van der Waals surface area contributed by atoms with Crippen LogP contribution in [0.5, 0.6) is 0 Å². The Morgan fingerprint density at radius 3 is 2.48 bits per heavy atom. The van der Waals surface area contributed by atoms with Gasteiger partial charge in [0.15, 0.2) is 0 Å². The SMILES string of the molecule is C=CCCCCOC(=O)[C@@H]1[C@H]2C(=O)N(CCCCCO)C(C(=O)N(CC=C)C(C)(C)CC(C)(C)C)C23CC[C@H]1S3. The Hall–Kier alpha value is -1.80. The number of aliphatic hydroxyl groups is 1. The molecule has 8 heteroatoms. The van der Waals surface area contributed by atoms with Crippen molar-refractivity contribution in [3.63, 3.8) is 0 Å². The number of fused-ring (bicyclic) bond motifs is 1. The zero-order valence-corrected chi connectivity index (χ0v) is 26.3. The first-order valence-corrected chi connectivity index (χ1v) is 16.0. The molecule has 3 aliphatic heterocycles. The van der Waals surface area contributed by atoms with E-state index in [4.69, 9.17) is 4.74 Å². The Kier molecular flexibility index (Phi) is 11.0. The van der Waals surface area contributed by atoms with Gasteiger partial charge in [0.2, 0.25) is 11.8 Å². The minimum atomic E-state index is -0.626. The summed E-state index contributed by atoms with van der Waals surface area (Å²) in [6.07, 6.45) is 10.7. The molecule has 5 atom stereocenters. The van der Waals surface area contributed by atoms with Crippen molar-refractivity contribution in [1.29, 1.82) is 0 Å². The number of amides is 2. The molecule has 0 saturated carbocycles. The summed E-state index contributed by atoms with van der Waals surface area (Å²) in [7, 11) is 0. The van der Waals surface area contributed by atoms with Crippen molar-refractivity contribution >= 4 is 29.5 Å². The summed E-state index contributed by atoms with van der Waals surface area (Å²) in [5.74, 6) is -1.48. The van der Waals surface area contributed by atoms with Crippen molar-refractivity contribution in [1.82, 2.24) is 9.80 Å². The van der Waals surface area contributed by atoms with Gasteiger partial charge in [-0.15, -0.1) is 24.9 Å². The summed E-state index contributed by atoms with van der Waals surface area (Å²) in [5.41, 5.74) is -0.449. The highest BCUT2D eigenvalue weighted by atomic mass is 32.2. The molecule has 0 aromatic rings. The molecule has 3 rings (SSSR count). The van der Waals surface area contributed by atoms with E-state index in [1.165, 1.54) is 0 Å². The van der Waals surface area contributed by atoms with Gasteiger partial charge in [-0.05, 0) is 77.0 Å². The topological polar surface area (TPSA) is 87.1 Å². The highest BCUT2D eigenvalue weighted by Crippen LogP contribution is 2.66. The molecular weight excluding hydrogens is 524 g/mol. The fraction of sp³-hybridized carbons (Fsp3) is 0.781. The number of ether oxygens (including phenoxy) is 1. The molecule has 3 aliphatic rings. The second-order valence-corrected chi connectivity index (χ2v) is 15.2. The van der Waals surface area contributed by atoms with Crippen LogP contribution in [-0.2, 0) is 19.1 Å². The van der Waals surface area contributed by atoms with Crippen LogP contribution in [0.3, 0.4) is 0 Å². The summed E-state index contributed by atoms with van der Waals surface area (Å²) in [6.45, 7) is 19.7. The third-order valence-electron chi connectivity index (χ3n) is 8.68. The van der Waals surface area contributed by atoms with E-state index in [-0.39, 0.29) is 35.1 Å². The van der Waals surface area contributed by atoms with Crippen LogP contribution >= 0.6 is 11.8 Å². The van der Waals surface area contributed by atoms with Crippen LogP contribution in [0.1, 0.15) is 92.4 Å². The second kappa shape index (κ2) is 13.5. The average molecular weight is 577 g/mol. The molecule has 226 valence electrons. The first-order valence-electron chi connectivity index (χ1n) is 15.1. The van der Waals surface area contributed by atoms with Gasteiger partial charge in [-0.2, -0.15) is 0 Å². The summed E-state index contributed by atoms with van der Waals surface area (Å²) < 4.78 is 5.10. The number of likely N-dealkylation sites (tertiary alicyclic amines) is 1. The van der Waals surface area contributed by atoms with Crippen LogP contribution in [0, 0.1) is 17.3 Å². The number of hydrogen-bond acceptors (Lipinski definition) is 6. The fourth-order valence-corrected chi connectivity index (χ4v) is 9.68. The minimum absolute atomic E-state index is 0.000582. The second-order valence-electron chi connectivity index (χ2n) is 13.6. The first-order chi connectivity index (χ1) is 18.8. The highest BCUT2D eigenvalue weighted by Gasteiger charge is 2.74. The third kappa shape index (κ3) is 6.80. The number of carbonyl (C=O) groups excluding carboxylic acids is 3. The van der Waals surface area contributed by atoms with E-state index < -0.39 is 28.2 Å². The Morgan fingerprint density at radius 1 is 1.12 bits per heavy atom. The van der Waals surface area contributed by atoms with E-state index in [1.54, 1.807) is 22.7 Å². The third-order valence-corrected chi connectivity index (χ3v) is 10.6. The molecule has 3 fully saturated rings. The summed E-state index contributed by atoms with van der Waals surface area (Å²) >= 11 is 1.69. The summed E-state index contributed by atoms with van der Waals surface area (Å²) in [4.78, 5) is 46.0. The maximum Gasteiger partial charge on any atom is 0.310 e. The Labute approximate surface area is 246 Å². The monoisotopic (exact) mass is 576 g/mol. The number of hydrogen-bond donors (Lipinski definition) is 1. The standard InChI is InChI=1S/C32H52N2O5S/c1-8-10-11-15-21-39-29(38)24-23-16-17-32(40-23)25(24)27(36)33(19-13-12-14-20-35)26(32)28(37)34(18-9-2)31(6,7)22-30(3,4)5/h8-9,23-26,35H,1-2,10-22H2,3-7H3/t23-,24+,25+,26?,32?/m1/s1. The van der Waals surface area contributed by atoms with Crippen molar-refractivity contribution in [3.05, 3.63) is 25.3 Å².